The molecule has 1 aliphatic heterocycles. The van der Waals surface area contributed by atoms with Gasteiger partial charge in [-0.3, -0.25) is 5.32 Å². The van der Waals surface area contributed by atoms with Gasteiger partial charge in [0.05, 0.1) is 6.23 Å². The Kier molecular flexibility index (Phi) is 10.3. The normalized spacial score (nSPS) is 17.1. The topological polar surface area (TPSA) is 33.3 Å². The molecule has 3 nitrogen and oxygen atoms in total. The molecule has 0 aromatic heterocycles. The van der Waals surface area contributed by atoms with Crippen molar-refractivity contribution in [2.75, 3.05) is 19.6 Å². The van der Waals surface area contributed by atoms with Crippen LogP contribution in [0, 0.1) is 0 Å². The van der Waals surface area contributed by atoms with E-state index in [1.165, 1.54) is 25.9 Å². The summed E-state index contributed by atoms with van der Waals surface area (Å²) in [5.74, 6) is 0. The van der Waals surface area contributed by atoms with Crippen LogP contribution in [0.5, 0.6) is 0 Å². The smallest absolute Gasteiger partial charge is 0.148 e. The van der Waals surface area contributed by atoms with Crippen molar-refractivity contribution in [1.82, 2.24) is 10.6 Å². The maximum Gasteiger partial charge on any atom is 0.148 e. The van der Waals surface area contributed by atoms with Gasteiger partial charge >= 0.3 is 0 Å². The standard InChI is InChI=1S/C6H17NOSi.C3H7N/c1-3-5-7-6(4-2)8-9;1-2-4-3-1/h6-7H,3-5H2,1-2,9H3;4H,1-3H2. The van der Waals surface area contributed by atoms with Gasteiger partial charge in [0, 0.05) is 0 Å². The lowest BCUT2D eigenvalue weighted by Crippen LogP contribution is -2.30. The van der Waals surface area contributed by atoms with Gasteiger partial charge in [0.2, 0.25) is 0 Å². The lowest BCUT2D eigenvalue weighted by molar-refractivity contribution is 0.176. The fraction of sp³-hybridized carbons (Fsp3) is 1.00. The quantitative estimate of drug-likeness (QED) is 0.488. The number of nitrogens with one attached hydrogen (secondary N) is 2. The molecule has 1 heterocycles. The van der Waals surface area contributed by atoms with Crippen LogP contribution in [0.4, 0.5) is 0 Å². The third-order valence-corrected chi connectivity index (χ3v) is 2.55. The van der Waals surface area contributed by atoms with E-state index in [1.54, 1.807) is 0 Å². The fourth-order valence-corrected chi connectivity index (χ4v) is 1.38. The second-order valence-electron chi connectivity index (χ2n) is 3.19. The Labute approximate surface area is 85.2 Å². The summed E-state index contributed by atoms with van der Waals surface area (Å²) in [5.41, 5.74) is 0. The van der Waals surface area contributed by atoms with Gasteiger partial charge in [0.1, 0.15) is 10.5 Å². The summed E-state index contributed by atoms with van der Waals surface area (Å²) in [5, 5.41) is 6.39. The minimum Gasteiger partial charge on any atom is -0.413 e. The molecule has 4 heteroatoms. The molecule has 0 amide bonds. The minimum atomic E-state index is 0.316. The second-order valence-corrected chi connectivity index (χ2v) is 3.66. The van der Waals surface area contributed by atoms with Crippen molar-refractivity contribution < 1.29 is 4.43 Å². The zero-order chi connectivity index (χ0) is 9.94. The van der Waals surface area contributed by atoms with Crippen LogP contribution in [0.25, 0.3) is 0 Å². The Balaban J connectivity index is 0.000000293. The molecule has 1 saturated heterocycles. The summed E-state index contributed by atoms with van der Waals surface area (Å²) < 4.78 is 5.23. The summed E-state index contributed by atoms with van der Waals surface area (Å²) in [6.45, 7) is 7.86. The Bertz CT molecular complexity index is 91.6. The molecule has 0 aromatic rings. The van der Waals surface area contributed by atoms with Crippen LogP contribution in [-0.4, -0.2) is 36.3 Å². The molecule has 1 aliphatic rings. The summed E-state index contributed by atoms with van der Waals surface area (Å²) >= 11 is 0. The van der Waals surface area contributed by atoms with Gasteiger partial charge in [-0.15, -0.1) is 0 Å². The van der Waals surface area contributed by atoms with Crippen molar-refractivity contribution in [1.29, 1.82) is 0 Å². The molecule has 1 unspecified atom stereocenters. The first-order chi connectivity index (χ1) is 6.35. The largest absolute Gasteiger partial charge is 0.413 e. The molecule has 0 spiro atoms. The lowest BCUT2D eigenvalue weighted by Gasteiger charge is -2.14. The van der Waals surface area contributed by atoms with E-state index >= 15 is 0 Å². The fourth-order valence-electron chi connectivity index (χ4n) is 0.876. The van der Waals surface area contributed by atoms with Gasteiger partial charge in [0.25, 0.3) is 0 Å². The first-order valence-corrected chi connectivity index (χ1v) is 6.13. The van der Waals surface area contributed by atoms with Gasteiger partial charge in [-0.1, -0.05) is 13.8 Å². The van der Waals surface area contributed by atoms with Crippen LogP contribution in [0.15, 0.2) is 0 Å². The third-order valence-electron chi connectivity index (χ3n) is 1.98. The highest BCUT2D eigenvalue weighted by atomic mass is 28.2. The van der Waals surface area contributed by atoms with Crippen LogP contribution >= 0.6 is 0 Å². The SMILES string of the molecule is C1CNC1.CCCNC(CC)O[SiH3]. The highest BCUT2D eigenvalue weighted by molar-refractivity contribution is 5.98. The van der Waals surface area contributed by atoms with Crippen LogP contribution in [0.2, 0.25) is 0 Å². The Morgan fingerprint density at radius 1 is 1.46 bits per heavy atom. The summed E-state index contributed by atoms with van der Waals surface area (Å²) in [6.07, 6.45) is 3.96. The zero-order valence-electron chi connectivity index (χ0n) is 9.23. The van der Waals surface area contributed by atoms with Gasteiger partial charge in [-0.05, 0) is 38.9 Å². The van der Waals surface area contributed by atoms with Gasteiger partial charge < -0.3 is 9.74 Å². The number of hydrogen-bond acceptors (Lipinski definition) is 3. The monoisotopic (exact) mass is 204 g/mol. The summed E-state index contributed by atoms with van der Waals surface area (Å²) in [7, 11) is 0.836. The number of rotatable bonds is 5. The highest BCUT2D eigenvalue weighted by Gasteiger charge is 1.98. The molecular weight excluding hydrogens is 180 g/mol. The molecule has 80 valence electrons. The predicted octanol–water partition coefficient (Wildman–Crippen LogP) is -0.00120. The van der Waals surface area contributed by atoms with E-state index < -0.39 is 0 Å². The lowest BCUT2D eigenvalue weighted by atomic mass is 10.3. The average molecular weight is 204 g/mol. The van der Waals surface area contributed by atoms with Crippen LogP contribution < -0.4 is 10.6 Å². The molecule has 13 heavy (non-hydrogen) atoms. The van der Waals surface area contributed by atoms with E-state index in [1.807, 2.05) is 0 Å². The van der Waals surface area contributed by atoms with E-state index in [0.29, 0.717) is 6.23 Å². The molecule has 1 rings (SSSR count). The van der Waals surface area contributed by atoms with Gasteiger partial charge in [-0.25, -0.2) is 0 Å². The molecular formula is C9H24N2OSi. The Hall–Kier alpha value is 0.0969. The van der Waals surface area contributed by atoms with Crippen LogP contribution in [0.1, 0.15) is 33.1 Å². The van der Waals surface area contributed by atoms with Crippen LogP contribution in [-0.2, 0) is 4.43 Å². The zero-order valence-corrected chi connectivity index (χ0v) is 11.2. The van der Waals surface area contributed by atoms with Crippen molar-refractivity contribution in [3.05, 3.63) is 0 Å². The minimum absolute atomic E-state index is 0.316. The maximum absolute atomic E-state index is 5.23. The van der Waals surface area contributed by atoms with Gasteiger partial charge in [-0.2, -0.15) is 0 Å². The molecule has 2 N–H and O–H groups in total. The predicted molar refractivity (Wildman–Crippen MR) is 60.9 cm³/mol. The molecule has 0 radical (unpaired) electrons. The Morgan fingerprint density at radius 2 is 2.00 bits per heavy atom. The first kappa shape index (κ1) is 13.1. The molecule has 1 fully saturated rings. The van der Waals surface area contributed by atoms with Crippen molar-refractivity contribution in [3.8, 4) is 0 Å². The van der Waals surface area contributed by atoms with Crippen molar-refractivity contribution in [3.63, 3.8) is 0 Å². The highest BCUT2D eigenvalue weighted by Crippen LogP contribution is 1.89. The first-order valence-electron chi connectivity index (χ1n) is 5.32. The molecule has 0 aromatic carbocycles. The van der Waals surface area contributed by atoms with E-state index in [0.717, 1.165) is 23.5 Å². The molecule has 0 saturated carbocycles. The molecule has 1 atom stereocenters. The molecule has 0 bridgehead atoms. The molecule has 0 aliphatic carbocycles. The van der Waals surface area contributed by atoms with Crippen LogP contribution in [0.3, 0.4) is 0 Å². The average Bonchev–Trinajstić information content (AvgIpc) is 2.04. The van der Waals surface area contributed by atoms with Crippen molar-refractivity contribution >= 4 is 10.5 Å². The maximum atomic E-state index is 5.23. The van der Waals surface area contributed by atoms with E-state index in [4.69, 9.17) is 4.43 Å². The van der Waals surface area contributed by atoms with Gasteiger partial charge in [0.15, 0.2) is 0 Å². The van der Waals surface area contributed by atoms with Crippen molar-refractivity contribution in [2.45, 2.75) is 39.3 Å². The van der Waals surface area contributed by atoms with Crippen molar-refractivity contribution in [2.24, 2.45) is 0 Å². The van der Waals surface area contributed by atoms with E-state index in [-0.39, 0.29) is 0 Å². The van der Waals surface area contributed by atoms with E-state index in [9.17, 15) is 0 Å². The second kappa shape index (κ2) is 10.2. The number of hydrogen-bond donors (Lipinski definition) is 2. The third kappa shape index (κ3) is 8.43. The summed E-state index contributed by atoms with van der Waals surface area (Å²) in [6, 6.07) is 0. The van der Waals surface area contributed by atoms with E-state index in [2.05, 4.69) is 24.5 Å². The Morgan fingerprint density at radius 3 is 2.23 bits per heavy atom. The summed E-state index contributed by atoms with van der Waals surface area (Å²) in [4.78, 5) is 0.